The van der Waals surface area contributed by atoms with Crippen LogP contribution in [0.3, 0.4) is 0 Å². The summed E-state index contributed by atoms with van der Waals surface area (Å²) >= 11 is 5.50. The summed E-state index contributed by atoms with van der Waals surface area (Å²) in [6.07, 6.45) is 0. The number of nitrogens with zero attached hydrogens (tertiary/aromatic N) is 1. The number of hydrogen-bond donors (Lipinski definition) is 2. The summed E-state index contributed by atoms with van der Waals surface area (Å²) in [6, 6.07) is 28.0. The molecule has 0 radical (unpaired) electrons. The van der Waals surface area contributed by atoms with Gasteiger partial charge in [-0.15, -0.1) is 0 Å². The van der Waals surface area contributed by atoms with Gasteiger partial charge in [-0.05, 0) is 42.0 Å². The first-order valence-electron chi connectivity index (χ1n) is 8.33. The van der Waals surface area contributed by atoms with Crippen LogP contribution < -0.4 is 20.5 Å². The minimum Gasteiger partial charge on any atom is -0.497 e. The zero-order chi connectivity index (χ0) is 18.2. The average molecular weight is 363 g/mol. The van der Waals surface area contributed by atoms with E-state index in [-0.39, 0.29) is 0 Å². The average Bonchev–Trinajstić information content (AvgIpc) is 2.69. The monoisotopic (exact) mass is 363 g/mol. The normalized spacial score (nSPS) is 10.0. The van der Waals surface area contributed by atoms with E-state index in [0.717, 1.165) is 17.1 Å². The molecule has 3 aromatic rings. The van der Waals surface area contributed by atoms with Crippen LogP contribution in [0.2, 0.25) is 0 Å². The van der Waals surface area contributed by atoms with Crippen molar-refractivity contribution in [2.75, 3.05) is 17.4 Å². The molecule has 5 heteroatoms. The number of para-hydroxylation sites is 1. The van der Waals surface area contributed by atoms with Crippen molar-refractivity contribution in [2.24, 2.45) is 0 Å². The maximum atomic E-state index is 5.50. The van der Waals surface area contributed by atoms with Crippen LogP contribution in [0.15, 0.2) is 84.9 Å². The van der Waals surface area contributed by atoms with E-state index in [1.807, 2.05) is 77.8 Å². The lowest BCUT2D eigenvalue weighted by Crippen LogP contribution is -2.44. The second-order valence-electron chi connectivity index (χ2n) is 5.71. The molecule has 0 aliphatic heterocycles. The van der Waals surface area contributed by atoms with Crippen molar-refractivity contribution in [1.82, 2.24) is 5.43 Å². The molecule has 0 heterocycles. The highest BCUT2D eigenvalue weighted by atomic mass is 32.1. The molecule has 0 aliphatic rings. The third kappa shape index (κ3) is 4.97. The molecule has 0 bridgehead atoms. The number of anilines is 2. The molecule has 26 heavy (non-hydrogen) atoms. The van der Waals surface area contributed by atoms with Gasteiger partial charge in [-0.3, -0.25) is 10.4 Å². The second kappa shape index (κ2) is 8.87. The van der Waals surface area contributed by atoms with Gasteiger partial charge in [0, 0.05) is 11.8 Å². The summed E-state index contributed by atoms with van der Waals surface area (Å²) in [7, 11) is 1.65. The van der Waals surface area contributed by atoms with Crippen molar-refractivity contribution in [2.45, 2.75) is 6.54 Å². The molecular weight excluding hydrogens is 342 g/mol. The Morgan fingerprint density at radius 1 is 0.923 bits per heavy atom. The first kappa shape index (κ1) is 17.8. The van der Waals surface area contributed by atoms with E-state index >= 15 is 0 Å². The number of methoxy groups -OCH3 is 1. The predicted molar refractivity (Wildman–Crippen MR) is 111 cm³/mol. The fraction of sp³-hybridized carbons (Fsp3) is 0.0952. The fourth-order valence-electron chi connectivity index (χ4n) is 2.55. The van der Waals surface area contributed by atoms with E-state index in [1.54, 1.807) is 7.11 Å². The number of ether oxygens (including phenoxy) is 1. The molecule has 2 N–H and O–H groups in total. The lowest BCUT2D eigenvalue weighted by Gasteiger charge is -2.27. The van der Waals surface area contributed by atoms with Crippen molar-refractivity contribution in [1.29, 1.82) is 0 Å². The Labute approximate surface area is 159 Å². The number of nitrogens with one attached hydrogen (secondary N) is 2. The quantitative estimate of drug-likeness (QED) is 0.494. The Balaban J connectivity index is 1.73. The number of benzene rings is 3. The Bertz CT molecular complexity index is 840. The summed E-state index contributed by atoms with van der Waals surface area (Å²) < 4.78 is 5.25. The SMILES string of the molecule is COc1cccc(NC(=S)NN(Cc2ccccc2)c2ccccc2)c1. The molecule has 3 rings (SSSR count). The van der Waals surface area contributed by atoms with E-state index in [4.69, 9.17) is 17.0 Å². The second-order valence-corrected chi connectivity index (χ2v) is 6.11. The van der Waals surface area contributed by atoms with Crippen LogP contribution in [-0.4, -0.2) is 12.2 Å². The van der Waals surface area contributed by atoms with Gasteiger partial charge in [0.1, 0.15) is 5.75 Å². The zero-order valence-electron chi connectivity index (χ0n) is 14.6. The third-order valence-corrected chi connectivity index (χ3v) is 4.01. The molecule has 0 aliphatic carbocycles. The van der Waals surface area contributed by atoms with Crippen molar-refractivity contribution >= 4 is 28.7 Å². The summed E-state index contributed by atoms with van der Waals surface area (Å²) in [6.45, 7) is 0.685. The molecule has 0 spiro atoms. The Hall–Kier alpha value is -3.05. The number of hydrazine groups is 1. The van der Waals surface area contributed by atoms with E-state index in [9.17, 15) is 0 Å². The number of hydrogen-bond acceptors (Lipinski definition) is 3. The van der Waals surface area contributed by atoms with E-state index in [1.165, 1.54) is 5.56 Å². The van der Waals surface area contributed by atoms with Gasteiger partial charge in [-0.25, -0.2) is 0 Å². The van der Waals surface area contributed by atoms with Gasteiger partial charge in [-0.2, -0.15) is 0 Å². The van der Waals surface area contributed by atoms with Crippen LogP contribution >= 0.6 is 12.2 Å². The van der Waals surface area contributed by atoms with Gasteiger partial charge < -0.3 is 10.1 Å². The van der Waals surface area contributed by atoms with Crippen LogP contribution in [0.1, 0.15) is 5.56 Å². The zero-order valence-corrected chi connectivity index (χ0v) is 15.4. The minimum atomic E-state index is 0.512. The third-order valence-electron chi connectivity index (χ3n) is 3.82. The van der Waals surface area contributed by atoms with E-state index in [2.05, 4.69) is 22.9 Å². The van der Waals surface area contributed by atoms with Crippen LogP contribution in [0.25, 0.3) is 0 Å². The smallest absolute Gasteiger partial charge is 0.189 e. The molecule has 4 nitrogen and oxygen atoms in total. The highest BCUT2D eigenvalue weighted by Gasteiger charge is 2.09. The lowest BCUT2D eigenvalue weighted by atomic mass is 10.2. The Morgan fingerprint density at radius 3 is 2.31 bits per heavy atom. The van der Waals surface area contributed by atoms with Crippen LogP contribution in [0.5, 0.6) is 5.75 Å². The Kier molecular flexibility index (Phi) is 6.06. The maximum Gasteiger partial charge on any atom is 0.189 e. The first-order chi connectivity index (χ1) is 12.7. The van der Waals surface area contributed by atoms with Gasteiger partial charge in [0.15, 0.2) is 5.11 Å². The predicted octanol–water partition coefficient (Wildman–Crippen LogP) is 4.60. The number of thiocarbonyl (C=S) groups is 1. The summed E-state index contributed by atoms with van der Waals surface area (Å²) in [5.41, 5.74) is 6.37. The van der Waals surface area contributed by atoms with Crippen molar-refractivity contribution in [3.63, 3.8) is 0 Å². The molecule has 132 valence electrons. The van der Waals surface area contributed by atoms with Gasteiger partial charge in [0.2, 0.25) is 0 Å². The molecule has 0 amide bonds. The maximum absolute atomic E-state index is 5.50. The standard InChI is InChI=1S/C21H21N3OS/c1-25-20-14-8-11-18(15-20)22-21(26)23-24(19-12-6-3-7-13-19)16-17-9-4-2-5-10-17/h2-15H,16H2,1H3,(H2,22,23,26). The fourth-order valence-corrected chi connectivity index (χ4v) is 2.78. The van der Waals surface area contributed by atoms with Crippen LogP contribution in [-0.2, 0) is 6.54 Å². The first-order valence-corrected chi connectivity index (χ1v) is 8.73. The van der Waals surface area contributed by atoms with Gasteiger partial charge in [0.25, 0.3) is 0 Å². The minimum absolute atomic E-state index is 0.512. The molecular formula is C21H21N3OS. The molecule has 0 fully saturated rings. The van der Waals surface area contributed by atoms with Crippen LogP contribution in [0.4, 0.5) is 11.4 Å². The molecule has 0 aromatic heterocycles. The van der Waals surface area contributed by atoms with E-state index < -0.39 is 0 Å². The molecule has 0 saturated heterocycles. The topological polar surface area (TPSA) is 36.5 Å². The van der Waals surface area contributed by atoms with Gasteiger partial charge in [0.05, 0.1) is 19.3 Å². The summed E-state index contributed by atoms with van der Waals surface area (Å²) in [4.78, 5) is 0. The molecule has 0 atom stereocenters. The summed E-state index contributed by atoms with van der Waals surface area (Å²) in [5.74, 6) is 0.780. The highest BCUT2D eigenvalue weighted by molar-refractivity contribution is 7.80. The molecule has 0 unspecified atom stereocenters. The van der Waals surface area contributed by atoms with Gasteiger partial charge >= 0.3 is 0 Å². The van der Waals surface area contributed by atoms with Crippen molar-refractivity contribution < 1.29 is 4.74 Å². The van der Waals surface area contributed by atoms with Crippen LogP contribution in [0, 0.1) is 0 Å². The molecule has 3 aromatic carbocycles. The summed E-state index contributed by atoms with van der Waals surface area (Å²) in [5, 5.41) is 5.73. The van der Waals surface area contributed by atoms with Crippen molar-refractivity contribution in [3.05, 3.63) is 90.5 Å². The van der Waals surface area contributed by atoms with Crippen molar-refractivity contribution in [3.8, 4) is 5.75 Å². The molecule has 0 saturated carbocycles. The Morgan fingerprint density at radius 2 is 1.62 bits per heavy atom. The highest BCUT2D eigenvalue weighted by Crippen LogP contribution is 2.18. The van der Waals surface area contributed by atoms with E-state index in [0.29, 0.717) is 11.7 Å². The largest absolute Gasteiger partial charge is 0.497 e. The lowest BCUT2D eigenvalue weighted by molar-refractivity contribution is 0.415. The number of rotatable bonds is 6. The van der Waals surface area contributed by atoms with Gasteiger partial charge in [-0.1, -0.05) is 54.6 Å².